The van der Waals surface area contributed by atoms with E-state index in [4.69, 9.17) is 0 Å². The highest BCUT2D eigenvalue weighted by Gasteiger charge is 2.17. The van der Waals surface area contributed by atoms with Crippen molar-refractivity contribution in [1.29, 1.82) is 0 Å². The molecule has 0 aliphatic carbocycles. The maximum Gasteiger partial charge on any atom is 0.133 e. The van der Waals surface area contributed by atoms with Crippen LogP contribution in [0.4, 0.5) is 5.82 Å². The van der Waals surface area contributed by atoms with Gasteiger partial charge in [-0.3, -0.25) is 0 Å². The van der Waals surface area contributed by atoms with Crippen LogP contribution in [-0.4, -0.2) is 49.7 Å². The van der Waals surface area contributed by atoms with Gasteiger partial charge >= 0.3 is 0 Å². The van der Waals surface area contributed by atoms with Crippen molar-refractivity contribution in [2.45, 2.75) is 33.4 Å². The highest BCUT2D eigenvalue weighted by Crippen LogP contribution is 2.19. The highest BCUT2D eigenvalue weighted by molar-refractivity contribution is 5.47. The molecule has 0 saturated carbocycles. The van der Waals surface area contributed by atoms with Crippen LogP contribution in [0.25, 0.3) is 0 Å². The van der Waals surface area contributed by atoms with Crippen molar-refractivity contribution in [2.24, 2.45) is 0 Å². The summed E-state index contributed by atoms with van der Waals surface area (Å²) in [5, 5.41) is 3.39. The van der Waals surface area contributed by atoms with E-state index in [2.05, 4.69) is 61.0 Å². The Kier molecular flexibility index (Phi) is 6.81. The molecule has 4 heteroatoms. The van der Waals surface area contributed by atoms with Crippen LogP contribution in [0.15, 0.2) is 18.3 Å². The lowest BCUT2D eigenvalue weighted by atomic mass is 10.2. The van der Waals surface area contributed by atoms with Gasteiger partial charge in [0.05, 0.1) is 0 Å². The maximum absolute atomic E-state index is 4.60. The van der Waals surface area contributed by atoms with E-state index in [1.54, 1.807) is 0 Å². The van der Waals surface area contributed by atoms with Crippen molar-refractivity contribution in [3.05, 3.63) is 23.9 Å². The lowest BCUT2D eigenvalue weighted by molar-refractivity contribution is 0.372. The number of anilines is 1. The standard InChI is InChI=1S/C15H28N4/c1-6-16-11-14-9-8-10-17-15(14)19(7-2)13(3)12-18(4)5/h8-10,13,16H,6-7,11-12H2,1-5H3. The summed E-state index contributed by atoms with van der Waals surface area (Å²) in [6.07, 6.45) is 1.88. The molecule has 0 aliphatic rings. The quantitative estimate of drug-likeness (QED) is 0.778. The molecule has 0 amide bonds. The molecule has 0 radical (unpaired) electrons. The fourth-order valence-electron chi connectivity index (χ4n) is 2.38. The molecule has 0 bridgehead atoms. The minimum atomic E-state index is 0.454. The van der Waals surface area contributed by atoms with Crippen molar-refractivity contribution >= 4 is 5.82 Å². The minimum Gasteiger partial charge on any atom is -0.353 e. The first-order valence-electron chi connectivity index (χ1n) is 7.16. The number of hydrogen-bond acceptors (Lipinski definition) is 4. The van der Waals surface area contributed by atoms with Crippen LogP contribution in [0.2, 0.25) is 0 Å². The Morgan fingerprint density at radius 1 is 1.32 bits per heavy atom. The molecule has 1 unspecified atom stereocenters. The summed E-state index contributed by atoms with van der Waals surface area (Å²) in [6, 6.07) is 4.63. The first-order chi connectivity index (χ1) is 9.10. The minimum absolute atomic E-state index is 0.454. The van der Waals surface area contributed by atoms with Gasteiger partial charge in [0.2, 0.25) is 0 Å². The zero-order chi connectivity index (χ0) is 14.3. The van der Waals surface area contributed by atoms with Gasteiger partial charge in [0.15, 0.2) is 0 Å². The number of nitrogens with zero attached hydrogens (tertiary/aromatic N) is 3. The van der Waals surface area contributed by atoms with Crippen molar-refractivity contribution in [2.75, 3.05) is 38.6 Å². The van der Waals surface area contributed by atoms with Crippen LogP contribution in [-0.2, 0) is 6.54 Å². The molecule has 1 N–H and O–H groups in total. The number of hydrogen-bond donors (Lipinski definition) is 1. The monoisotopic (exact) mass is 264 g/mol. The van der Waals surface area contributed by atoms with Gasteiger partial charge in [-0.1, -0.05) is 13.0 Å². The Bertz CT molecular complexity index is 365. The van der Waals surface area contributed by atoms with E-state index < -0.39 is 0 Å². The summed E-state index contributed by atoms with van der Waals surface area (Å²) in [6.45, 7) is 10.4. The second-order valence-electron chi connectivity index (χ2n) is 5.16. The van der Waals surface area contributed by atoms with E-state index in [-0.39, 0.29) is 0 Å². The third-order valence-corrected chi connectivity index (χ3v) is 3.21. The lowest BCUT2D eigenvalue weighted by Gasteiger charge is -2.32. The topological polar surface area (TPSA) is 31.4 Å². The molecule has 4 nitrogen and oxygen atoms in total. The van der Waals surface area contributed by atoms with Gasteiger partial charge in [0, 0.05) is 37.4 Å². The zero-order valence-electron chi connectivity index (χ0n) is 13.0. The summed E-state index contributed by atoms with van der Waals surface area (Å²) in [5.41, 5.74) is 1.27. The number of pyridine rings is 1. The average molecular weight is 264 g/mol. The number of rotatable bonds is 8. The van der Waals surface area contributed by atoms with E-state index in [0.717, 1.165) is 32.0 Å². The Morgan fingerprint density at radius 2 is 2.05 bits per heavy atom. The van der Waals surface area contributed by atoms with E-state index >= 15 is 0 Å². The smallest absolute Gasteiger partial charge is 0.133 e. The molecule has 1 heterocycles. The Labute approximate surface area is 117 Å². The molecule has 1 atom stereocenters. The third kappa shape index (κ3) is 4.80. The molecular weight excluding hydrogens is 236 g/mol. The van der Waals surface area contributed by atoms with Crippen molar-refractivity contribution in [3.63, 3.8) is 0 Å². The van der Waals surface area contributed by atoms with Gasteiger partial charge < -0.3 is 15.1 Å². The van der Waals surface area contributed by atoms with Gasteiger partial charge in [-0.05, 0) is 40.6 Å². The number of likely N-dealkylation sites (N-methyl/N-ethyl adjacent to an activating group) is 2. The molecule has 0 aromatic carbocycles. The van der Waals surface area contributed by atoms with Crippen molar-refractivity contribution < 1.29 is 0 Å². The molecule has 1 rings (SSSR count). The fraction of sp³-hybridized carbons (Fsp3) is 0.667. The van der Waals surface area contributed by atoms with E-state index in [1.807, 2.05) is 12.3 Å². The molecule has 0 fully saturated rings. The average Bonchev–Trinajstić information content (AvgIpc) is 2.37. The normalized spacial score (nSPS) is 12.7. The van der Waals surface area contributed by atoms with Gasteiger partial charge in [-0.15, -0.1) is 0 Å². The largest absolute Gasteiger partial charge is 0.353 e. The number of nitrogens with one attached hydrogen (secondary N) is 1. The summed E-state index contributed by atoms with van der Waals surface area (Å²) in [7, 11) is 4.23. The van der Waals surface area contributed by atoms with Gasteiger partial charge in [0.1, 0.15) is 5.82 Å². The van der Waals surface area contributed by atoms with Crippen molar-refractivity contribution in [3.8, 4) is 0 Å². The van der Waals surface area contributed by atoms with Crippen LogP contribution in [0, 0.1) is 0 Å². The van der Waals surface area contributed by atoms with Crippen LogP contribution < -0.4 is 10.2 Å². The fourth-order valence-corrected chi connectivity index (χ4v) is 2.38. The Balaban J connectivity index is 2.90. The second-order valence-corrected chi connectivity index (χ2v) is 5.16. The summed E-state index contributed by atoms with van der Waals surface area (Å²) in [4.78, 5) is 9.20. The molecule has 108 valence electrons. The van der Waals surface area contributed by atoms with E-state index in [1.165, 1.54) is 5.56 Å². The predicted molar refractivity (Wildman–Crippen MR) is 82.7 cm³/mol. The van der Waals surface area contributed by atoms with Gasteiger partial charge in [-0.2, -0.15) is 0 Å². The summed E-state index contributed by atoms with van der Waals surface area (Å²) in [5.74, 6) is 1.11. The number of aromatic nitrogens is 1. The second kappa shape index (κ2) is 8.12. The first-order valence-corrected chi connectivity index (χ1v) is 7.16. The van der Waals surface area contributed by atoms with E-state index in [9.17, 15) is 0 Å². The van der Waals surface area contributed by atoms with E-state index in [0.29, 0.717) is 6.04 Å². The summed E-state index contributed by atoms with van der Waals surface area (Å²) < 4.78 is 0. The molecule has 19 heavy (non-hydrogen) atoms. The first kappa shape index (κ1) is 15.9. The van der Waals surface area contributed by atoms with Crippen LogP contribution in [0.5, 0.6) is 0 Å². The predicted octanol–water partition coefficient (Wildman–Crippen LogP) is 1.97. The van der Waals surface area contributed by atoms with Crippen molar-refractivity contribution in [1.82, 2.24) is 15.2 Å². The molecule has 1 aromatic rings. The van der Waals surface area contributed by atoms with Gasteiger partial charge in [-0.25, -0.2) is 4.98 Å². The van der Waals surface area contributed by atoms with Crippen LogP contribution in [0.3, 0.4) is 0 Å². The molecule has 0 aliphatic heterocycles. The molecule has 0 spiro atoms. The Hall–Kier alpha value is -1.13. The zero-order valence-corrected chi connectivity index (χ0v) is 13.0. The van der Waals surface area contributed by atoms with Crippen LogP contribution in [0.1, 0.15) is 26.3 Å². The van der Waals surface area contributed by atoms with Crippen LogP contribution >= 0.6 is 0 Å². The molecule has 0 saturated heterocycles. The summed E-state index contributed by atoms with van der Waals surface area (Å²) >= 11 is 0. The molecule has 1 aromatic heterocycles. The SMILES string of the molecule is CCNCc1cccnc1N(CC)C(C)CN(C)C. The highest BCUT2D eigenvalue weighted by atomic mass is 15.2. The lowest BCUT2D eigenvalue weighted by Crippen LogP contribution is -2.41. The maximum atomic E-state index is 4.60. The van der Waals surface area contributed by atoms with Gasteiger partial charge in [0.25, 0.3) is 0 Å². The molecular formula is C15H28N4. The Morgan fingerprint density at radius 3 is 2.63 bits per heavy atom. The third-order valence-electron chi connectivity index (χ3n) is 3.21.